The van der Waals surface area contributed by atoms with Gasteiger partial charge in [0.05, 0.1) is 5.69 Å². The van der Waals surface area contributed by atoms with E-state index < -0.39 is 0 Å². The number of rotatable bonds is 1. The fourth-order valence-electron chi connectivity index (χ4n) is 2.47. The molecular weight excluding hydrogens is 232 g/mol. The summed E-state index contributed by atoms with van der Waals surface area (Å²) in [5.41, 5.74) is 8.44. The predicted octanol–water partition coefficient (Wildman–Crippen LogP) is 4.23. The van der Waals surface area contributed by atoms with Crippen molar-refractivity contribution in [3.05, 3.63) is 58.9 Å². The topological polar surface area (TPSA) is 17.3 Å². The Morgan fingerprint density at radius 2 is 1.58 bits per heavy atom. The van der Waals surface area contributed by atoms with Gasteiger partial charge in [-0.05, 0) is 62.1 Å². The lowest BCUT2D eigenvalue weighted by Gasteiger charge is -2.07. The van der Waals surface area contributed by atoms with E-state index in [1.807, 2.05) is 0 Å². The summed E-state index contributed by atoms with van der Waals surface area (Å²) in [6.07, 6.45) is 4.22. The second-order valence-electron chi connectivity index (χ2n) is 5.35. The fourth-order valence-corrected chi connectivity index (χ4v) is 2.47. The molecule has 3 rings (SSSR count). The zero-order valence-electron chi connectivity index (χ0n) is 11.9. The Kier molecular flexibility index (Phi) is 2.67. The largest absolute Gasteiger partial charge is 0.306 e. The molecule has 19 heavy (non-hydrogen) atoms. The van der Waals surface area contributed by atoms with E-state index >= 15 is 0 Å². The molecule has 2 nitrogen and oxygen atoms in total. The van der Waals surface area contributed by atoms with Crippen molar-refractivity contribution >= 4 is 5.65 Å². The smallest absolute Gasteiger partial charge is 0.137 e. The maximum absolute atomic E-state index is 4.72. The van der Waals surface area contributed by atoms with E-state index in [1.54, 1.807) is 0 Å². The van der Waals surface area contributed by atoms with E-state index in [4.69, 9.17) is 4.98 Å². The van der Waals surface area contributed by atoms with Crippen LogP contribution in [0.1, 0.15) is 22.3 Å². The summed E-state index contributed by atoms with van der Waals surface area (Å²) >= 11 is 0. The molecule has 0 N–H and O–H groups in total. The monoisotopic (exact) mass is 250 g/mol. The maximum Gasteiger partial charge on any atom is 0.137 e. The highest BCUT2D eigenvalue weighted by Gasteiger charge is 2.08. The van der Waals surface area contributed by atoms with Crippen LogP contribution in [0.4, 0.5) is 0 Å². The van der Waals surface area contributed by atoms with Crippen LogP contribution in [0.5, 0.6) is 0 Å². The standard InChI is InChI=1S/C17H18N2/c1-11-5-6-17-18-16(10-19(17)9-11)15-8-13(3)12(2)7-14(15)4/h5-10H,1-4H3. The normalized spacial score (nSPS) is 11.2. The van der Waals surface area contributed by atoms with Crippen LogP contribution in [0.15, 0.2) is 36.7 Å². The first kappa shape index (κ1) is 12.0. The van der Waals surface area contributed by atoms with E-state index in [1.165, 1.54) is 27.8 Å². The number of aryl methyl sites for hydroxylation is 4. The fraction of sp³-hybridized carbons (Fsp3) is 0.235. The van der Waals surface area contributed by atoms with E-state index in [9.17, 15) is 0 Å². The molecule has 3 aromatic rings. The zero-order valence-corrected chi connectivity index (χ0v) is 11.9. The SMILES string of the molecule is Cc1ccc2nc(-c3cc(C)c(C)cc3C)cn2c1. The van der Waals surface area contributed by atoms with Crippen molar-refractivity contribution in [1.29, 1.82) is 0 Å². The van der Waals surface area contributed by atoms with Crippen molar-refractivity contribution in [2.45, 2.75) is 27.7 Å². The van der Waals surface area contributed by atoms with Crippen LogP contribution in [0, 0.1) is 27.7 Å². The summed E-state index contributed by atoms with van der Waals surface area (Å²) in [4.78, 5) is 4.72. The molecule has 0 atom stereocenters. The minimum Gasteiger partial charge on any atom is -0.306 e. The molecule has 2 heteroatoms. The number of pyridine rings is 1. The number of imidazole rings is 1. The molecular formula is C17H18N2. The summed E-state index contributed by atoms with van der Waals surface area (Å²) in [6.45, 7) is 8.55. The van der Waals surface area contributed by atoms with Gasteiger partial charge in [0.25, 0.3) is 0 Å². The van der Waals surface area contributed by atoms with Gasteiger partial charge in [0, 0.05) is 18.0 Å². The summed E-state index contributed by atoms with van der Waals surface area (Å²) in [5, 5.41) is 0. The van der Waals surface area contributed by atoms with Crippen LogP contribution in [0.25, 0.3) is 16.9 Å². The first-order valence-electron chi connectivity index (χ1n) is 6.58. The Hall–Kier alpha value is -2.09. The third-order valence-electron chi connectivity index (χ3n) is 3.72. The quantitative estimate of drug-likeness (QED) is 0.631. The van der Waals surface area contributed by atoms with E-state index in [0.717, 1.165) is 11.3 Å². The molecule has 0 saturated heterocycles. The van der Waals surface area contributed by atoms with Crippen molar-refractivity contribution in [1.82, 2.24) is 9.38 Å². The highest BCUT2D eigenvalue weighted by Crippen LogP contribution is 2.26. The maximum atomic E-state index is 4.72. The Labute approximate surface area is 113 Å². The van der Waals surface area contributed by atoms with Crippen molar-refractivity contribution in [2.24, 2.45) is 0 Å². The molecule has 0 aliphatic heterocycles. The van der Waals surface area contributed by atoms with Crippen LogP contribution in [-0.2, 0) is 0 Å². The highest BCUT2D eigenvalue weighted by molar-refractivity contribution is 5.67. The molecule has 0 fully saturated rings. The van der Waals surface area contributed by atoms with Gasteiger partial charge in [-0.1, -0.05) is 12.1 Å². The van der Waals surface area contributed by atoms with Crippen molar-refractivity contribution in [3.63, 3.8) is 0 Å². The Morgan fingerprint density at radius 1 is 0.842 bits per heavy atom. The van der Waals surface area contributed by atoms with E-state index in [-0.39, 0.29) is 0 Å². The van der Waals surface area contributed by atoms with Crippen LogP contribution >= 0.6 is 0 Å². The molecule has 0 bridgehead atoms. The zero-order chi connectivity index (χ0) is 13.6. The van der Waals surface area contributed by atoms with E-state index in [2.05, 4.69) is 68.8 Å². The molecule has 0 amide bonds. The number of hydrogen-bond acceptors (Lipinski definition) is 1. The van der Waals surface area contributed by atoms with Gasteiger partial charge in [0.15, 0.2) is 0 Å². The molecule has 2 aromatic heterocycles. The van der Waals surface area contributed by atoms with Crippen LogP contribution in [0.2, 0.25) is 0 Å². The van der Waals surface area contributed by atoms with Gasteiger partial charge in [-0.25, -0.2) is 4.98 Å². The predicted molar refractivity (Wildman–Crippen MR) is 79.6 cm³/mol. The average molecular weight is 250 g/mol. The Morgan fingerprint density at radius 3 is 2.37 bits per heavy atom. The third kappa shape index (κ3) is 2.03. The second-order valence-corrected chi connectivity index (χ2v) is 5.35. The van der Waals surface area contributed by atoms with Crippen LogP contribution in [0.3, 0.4) is 0 Å². The molecule has 1 aromatic carbocycles. The molecule has 2 heterocycles. The van der Waals surface area contributed by atoms with Gasteiger partial charge in [0.2, 0.25) is 0 Å². The first-order valence-corrected chi connectivity index (χ1v) is 6.58. The minimum absolute atomic E-state index is 0.998. The van der Waals surface area contributed by atoms with Gasteiger partial charge in [0.1, 0.15) is 5.65 Å². The molecule has 0 aliphatic rings. The van der Waals surface area contributed by atoms with Gasteiger partial charge in [-0.3, -0.25) is 0 Å². The summed E-state index contributed by atoms with van der Waals surface area (Å²) in [7, 11) is 0. The first-order chi connectivity index (χ1) is 9.04. The average Bonchev–Trinajstić information content (AvgIpc) is 2.76. The molecule has 0 spiro atoms. The van der Waals surface area contributed by atoms with Crippen LogP contribution in [-0.4, -0.2) is 9.38 Å². The van der Waals surface area contributed by atoms with Crippen molar-refractivity contribution in [2.75, 3.05) is 0 Å². The van der Waals surface area contributed by atoms with Gasteiger partial charge >= 0.3 is 0 Å². The van der Waals surface area contributed by atoms with Crippen molar-refractivity contribution < 1.29 is 0 Å². The lowest BCUT2D eigenvalue weighted by atomic mass is 9.99. The number of aromatic nitrogens is 2. The lowest BCUT2D eigenvalue weighted by Crippen LogP contribution is -1.88. The summed E-state index contributed by atoms with van der Waals surface area (Å²) in [6, 6.07) is 8.63. The third-order valence-corrected chi connectivity index (χ3v) is 3.72. The van der Waals surface area contributed by atoms with Gasteiger partial charge in [-0.2, -0.15) is 0 Å². The molecule has 0 radical (unpaired) electrons. The van der Waals surface area contributed by atoms with Gasteiger partial charge in [-0.15, -0.1) is 0 Å². The number of fused-ring (bicyclic) bond motifs is 1. The number of hydrogen-bond donors (Lipinski definition) is 0. The lowest BCUT2D eigenvalue weighted by molar-refractivity contribution is 1.16. The number of nitrogens with zero attached hydrogens (tertiary/aromatic N) is 2. The second kappa shape index (κ2) is 4.23. The summed E-state index contributed by atoms with van der Waals surface area (Å²) < 4.78 is 2.10. The summed E-state index contributed by atoms with van der Waals surface area (Å²) in [5.74, 6) is 0. The Balaban J connectivity index is 2.21. The molecule has 96 valence electrons. The van der Waals surface area contributed by atoms with Crippen LogP contribution < -0.4 is 0 Å². The minimum atomic E-state index is 0.998. The molecule has 0 saturated carbocycles. The van der Waals surface area contributed by atoms with Crippen molar-refractivity contribution in [3.8, 4) is 11.3 Å². The highest BCUT2D eigenvalue weighted by atomic mass is 15.0. The molecule has 0 unspecified atom stereocenters. The van der Waals surface area contributed by atoms with E-state index in [0.29, 0.717) is 0 Å². The number of benzene rings is 1. The van der Waals surface area contributed by atoms with Gasteiger partial charge < -0.3 is 4.40 Å². The Bertz CT molecular complexity index is 766. The molecule has 0 aliphatic carbocycles.